The number of aromatic nitrogens is 2. The van der Waals surface area contributed by atoms with Crippen LogP contribution in [0, 0.1) is 6.92 Å². The van der Waals surface area contributed by atoms with E-state index in [4.69, 9.17) is 9.84 Å². The molecule has 0 radical (unpaired) electrons. The molecular formula is C15H17N3O3. The van der Waals surface area contributed by atoms with E-state index in [1.807, 2.05) is 31.2 Å². The molecule has 1 saturated heterocycles. The largest absolute Gasteiger partial charge is 0.481 e. The highest BCUT2D eigenvalue weighted by Crippen LogP contribution is 2.27. The summed E-state index contributed by atoms with van der Waals surface area (Å²) in [5.41, 5.74) is 0.893. The number of rotatable bonds is 3. The summed E-state index contributed by atoms with van der Waals surface area (Å²) in [5, 5.41) is 19.6. The van der Waals surface area contributed by atoms with E-state index >= 15 is 0 Å². The smallest absolute Gasteiger partial charge is 0.306 e. The number of aliphatic carboxylic acids is 1. The van der Waals surface area contributed by atoms with Gasteiger partial charge in [-0.2, -0.15) is 5.10 Å². The fraction of sp³-hybridized carbons (Fsp3) is 0.400. The number of benzene rings is 1. The molecule has 0 bridgehead atoms. The van der Waals surface area contributed by atoms with Gasteiger partial charge in [0, 0.05) is 23.9 Å². The number of hydrogen-bond acceptors (Lipinski definition) is 5. The molecule has 1 aromatic heterocycles. The first-order valence-electron chi connectivity index (χ1n) is 6.95. The molecule has 1 fully saturated rings. The number of carboxylic acid groups (broad SMARTS) is 1. The Morgan fingerprint density at radius 1 is 1.38 bits per heavy atom. The molecule has 0 saturated carbocycles. The van der Waals surface area contributed by atoms with Gasteiger partial charge in [-0.3, -0.25) is 4.79 Å². The number of fused-ring (bicyclic) bond motifs is 1. The van der Waals surface area contributed by atoms with Crippen LogP contribution in [0.15, 0.2) is 24.3 Å². The maximum absolute atomic E-state index is 10.8. The van der Waals surface area contributed by atoms with Crippen molar-refractivity contribution in [2.75, 3.05) is 24.6 Å². The van der Waals surface area contributed by atoms with E-state index in [2.05, 4.69) is 15.1 Å². The summed E-state index contributed by atoms with van der Waals surface area (Å²) >= 11 is 0. The second-order valence-corrected chi connectivity index (χ2v) is 5.19. The van der Waals surface area contributed by atoms with Crippen LogP contribution in [0.1, 0.15) is 12.1 Å². The van der Waals surface area contributed by atoms with Gasteiger partial charge in [0.25, 0.3) is 0 Å². The van der Waals surface area contributed by atoms with Crippen molar-refractivity contribution in [3.8, 4) is 0 Å². The highest BCUT2D eigenvalue weighted by molar-refractivity contribution is 5.93. The molecule has 1 atom stereocenters. The quantitative estimate of drug-likeness (QED) is 0.924. The van der Waals surface area contributed by atoms with Crippen molar-refractivity contribution in [1.29, 1.82) is 0 Å². The van der Waals surface area contributed by atoms with Crippen LogP contribution in [0.4, 0.5) is 5.82 Å². The Morgan fingerprint density at radius 2 is 2.14 bits per heavy atom. The lowest BCUT2D eigenvalue weighted by Gasteiger charge is -2.33. The van der Waals surface area contributed by atoms with Gasteiger partial charge >= 0.3 is 5.97 Å². The Bertz CT molecular complexity index is 674. The van der Waals surface area contributed by atoms with E-state index in [9.17, 15) is 4.79 Å². The average molecular weight is 287 g/mol. The Balaban J connectivity index is 1.93. The molecule has 6 nitrogen and oxygen atoms in total. The predicted molar refractivity (Wildman–Crippen MR) is 78.5 cm³/mol. The maximum Gasteiger partial charge on any atom is 0.306 e. The number of hydrogen-bond donors (Lipinski definition) is 1. The second-order valence-electron chi connectivity index (χ2n) is 5.19. The molecule has 0 amide bonds. The highest BCUT2D eigenvalue weighted by atomic mass is 16.5. The molecule has 2 heterocycles. The Kier molecular flexibility index (Phi) is 3.70. The number of ether oxygens (including phenoxy) is 1. The topological polar surface area (TPSA) is 75.5 Å². The van der Waals surface area contributed by atoms with Crippen LogP contribution in [0.25, 0.3) is 10.8 Å². The third-order valence-electron chi connectivity index (χ3n) is 3.69. The van der Waals surface area contributed by atoms with Gasteiger partial charge in [-0.1, -0.05) is 24.3 Å². The monoisotopic (exact) mass is 287 g/mol. The minimum atomic E-state index is -0.846. The summed E-state index contributed by atoms with van der Waals surface area (Å²) < 4.78 is 5.51. The van der Waals surface area contributed by atoms with E-state index in [1.165, 1.54) is 0 Å². The van der Waals surface area contributed by atoms with E-state index < -0.39 is 5.97 Å². The molecule has 0 spiro atoms. The van der Waals surface area contributed by atoms with Crippen molar-refractivity contribution in [3.05, 3.63) is 30.0 Å². The van der Waals surface area contributed by atoms with Crippen molar-refractivity contribution < 1.29 is 14.6 Å². The standard InChI is InChI=1S/C15H17N3O3/c1-10-12-4-2-3-5-13(12)15(17-16-10)18-6-7-21-11(9-18)8-14(19)20/h2-5,11H,6-9H2,1H3,(H,19,20). The lowest BCUT2D eigenvalue weighted by Crippen LogP contribution is -2.44. The van der Waals surface area contributed by atoms with Crippen LogP contribution < -0.4 is 4.90 Å². The van der Waals surface area contributed by atoms with Crippen LogP contribution in [0.3, 0.4) is 0 Å². The van der Waals surface area contributed by atoms with Gasteiger partial charge in [0.15, 0.2) is 5.82 Å². The number of nitrogens with zero attached hydrogens (tertiary/aromatic N) is 3. The number of carboxylic acids is 1. The van der Waals surface area contributed by atoms with E-state index in [0.29, 0.717) is 19.7 Å². The van der Waals surface area contributed by atoms with Crippen LogP contribution in [0.2, 0.25) is 0 Å². The Labute approximate surface area is 122 Å². The molecule has 110 valence electrons. The molecule has 1 aliphatic rings. The van der Waals surface area contributed by atoms with Crippen molar-refractivity contribution >= 4 is 22.6 Å². The first kappa shape index (κ1) is 13.8. The van der Waals surface area contributed by atoms with Crippen molar-refractivity contribution in [3.63, 3.8) is 0 Å². The van der Waals surface area contributed by atoms with Gasteiger partial charge in [0.05, 0.1) is 24.8 Å². The highest BCUT2D eigenvalue weighted by Gasteiger charge is 2.25. The van der Waals surface area contributed by atoms with Gasteiger partial charge in [-0.15, -0.1) is 5.10 Å². The zero-order valence-corrected chi connectivity index (χ0v) is 11.8. The van der Waals surface area contributed by atoms with Gasteiger partial charge in [-0.25, -0.2) is 0 Å². The Morgan fingerprint density at radius 3 is 2.90 bits per heavy atom. The third kappa shape index (κ3) is 2.80. The summed E-state index contributed by atoms with van der Waals surface area (Å²) in [7, 11) is 0. The number of carbonyl (C=O) groups is 1. The normalized spacial score (nSPS) is 18.9. The second kappa shape index (κ2) is 5.65. The lowest BCUT2D eigenvalue weighted by atomic mass is 10.1. The zero-order valence-electron chi connectivity index (χ0n) is 11.8. The van der Waals surface area contributed by atoms with Gasteiger partial charge in [-0.05, 0) is 6.92 Å². The van der Waals surface area contributed by atoms with Crippen LogP contribution >= 0.6 is 0 Å². The molecule has 1 aromatic carbocycles. The molecular weight excluding hydrogens is 270 g/mol. The first-order valence-corrected chi connectivity index (χ1v) is 6.95. The number of aryl methyl sites for hydroxylation is 1. The molecule has 6 heteroatoms. The van der Waals surface area contributed by atoms with Gasteiger partial charge < -0.3 is 14.7 Å². The summed E-state index contributed by atoms with van der Waals surface area (Å²) in [6, 6.07) is 8.00. The minimum absolute atomic E-state index is 0.00766. The first-order chi connectivity index (χ1) is 10.1. The summed E-state index contributed by atoms with van der Waals surface area (Å²) in [4.78, 5) is 12.9. The minimum Gasteiger partial charge on any atom is -0.481 e. The fourth-order valence-electron chi connectivity index (χ4n) is 2.69. The van der Waals surface area contributed by atoms with Crippen LogP contribution in [0.5, 0.6) is 0 Å². The lowest BCUT2D eigenvalue weighted by molar-refractivity contribution is -0.140. The van der Waals surface area contributed by atoms with Gasteiger partial charge in [0.1, 0.15) is 0 Å². The molecule has 0 aliphatic carbocycles. The summed E-state index contributed by atoms with van der Waals surface area (Å²) in [6.07, 6.45) is -0.300. The zero-order chi connectivity index (χ0) is 14.8. The number of anilines is 1. The van der Waals surface area contributed by atoms with Crippen LogP contribution in [-0.2, 0) is 9.53 Å². The average Bonchev–Trinajstić information content (AvgIpc) is 2.47. The molecule has 21 heavy (non-hydrogen) atoms. The van der Waals surface area contributed by atoms with Crippen molar-refractivity contribution in [2.45, 2.75) is 19.4 Å². The maximum atomic E-state index is 10.8. The van der Waals surface area contributed by atoms with E-state index in [-0.39, 0.29) is 12.5 Å². The van der Waals surface area contributed by atoms with E-state index in [1.54, 1.807) is 0 Å². The third-order valence-corrected chi connectivity index (χ3v) is 3.69. The molecule has 3 rings (SSSR count). The number of morpholine rings is 1. The predicted octanol–water partition coefficient (Wildman–Crippen LogP) is 1.62. The van der Waals surface area contributed by atoms with Gasteiger partial charge in [0.2, 0.25) is 0 Å². The fourth-order valence-corrected chi connectivity index (χ4v) is 2.69. The van der Waals surface area contributed by atoms with Crippen molar-refractivity contribution in [2.24, 2.45) is 0 Å². The molecule has 1 unspecified atom stereocenters. The summed E-state index contributed by atoms with van der Waals surface area (Å²) in [6.45, 7) is 3.65. The molecule has 1 N–H and O–H groups in total. The Hall–Kier alpha value is -2.21. The molecule has 1 aliphatic heterocycles. The summed E-state index contributed by atoms with van der Waals surface area (Å²) in [5.74, 6) is -0.0448. The SMILES string of the molecule is Cc1nnc(N2CCOC(CC(=O)O)C2)c2ccccc12. The van der Waals surface area contributed by atoms with Crippen molar-refractivity contribution in [1.82, 2.24) is 10.2 Å². The van der Waals surface area contributed by atoms with E-state index in [0.717, 1.165) is 22.3 Å². The molecule has 2 aromatic rings. The van der Waals surface area contributed by atoms with Crippen LogP contribution in [-0.4, -0.2) is 47.1 Å².